The van der Waals surface area contributed by atoms with E-state index in [1.54, 1.807) is 49.8 Å². The van der Waals surface area contributed by atoms with Gasteiger partial charge < -0.3 is 9.15 Å². The van der Waals surface area contributed by atoms with Crippen molar-refractivity contribution >= 4 is 21.4 Å². The molecule has 0 aliphatic rings. The second-order valence-corrected chi connectivity index (χ2v) is 8.08. The van der Waals surface area contributed by atoms with Crippen molar-refractivity contribution in [3.8, 4) is 5.75 Å². The van der Waals surface area contributed by atoms with E-state index in [1.165, 1.54) is 15.6 Å². The molecule has 0 aliphatic heterocycles. The molecule has 0 fully saturated rings. The van der Waals surface area contributed by atoms with Crippen LogP contribution in [0.4, 0.5) is 0 Å². The van der Waals surface area contributed by atoms with Gasteiger partial charge in [0.1, 0.15) is 11.5 Å². The average Bonchev–Trinajstić information content (AvgIpc) is 3.28. The minimum absolute atomic E-state index is 0.180. The molecule has 2 aromatic heterocycles. The van der Waals surface area contributed by atoms with Crippen LogP contribution >= 0.6 is 11.3 Å². The van der Waals surface area contributed by atoms with E-state index in [9.17, 15) is 8.42 Å². The maximum Gasteiger partial charge on any atom is 0.243 e. The first-order valence-electron chi connectivity index (χ1n) is 7.28. The Morgan fingerprint density at radius 1 is 1.08 bits per heavy atom. The molecule has 0 radical (unpaired) electrons. The van der Waals surface area contributed by atoms with Gasteiger partial charge in [0, 0.05) is 11.4 Å². The lowest BCUT2D eigenvalue weighted by Gasteiger charge is -2.21. The molecule has 0 saturated heterocycles. The van der Waals surface area contributed by atoms with Gasteiger partial charge in [0.15, 0.2) is 0 Å². The van der Waals surface area contributed by atoms with Crippen LogP contribution in [0.5, 0.6) is 5.75 Å². The van der Waals surface area contributed by atoms with E-state index in [1.807, 2.05) is 17.5 Å². The molecule has 0 unspecified atom stereocenters. The number of furan rings is 1. The lowest BCUT2D eigenvalue weighted by Crippen LogP contribution is -2.29. The number of hydrogen-bond acceptors (Lipinski definition) is 5. The molecule has 3 rings (SSSR count). The summed E-state index contributed by atoms with van der Waals surface area (Å²) in [6.45, 7) is 0.478. The van der Waals surface area contributed by atoms with E-state index in [4.69, 9.17) is 9.15 Å². The first-order chi connectivity index (χ1) is 11.6. The smallest absolute Gasteiger partial charge is 0.243 e. The molecule has 3 aromatic rings. The third-order valence-corrected chi connectivity index (χ3v) is 6.19. The Morgan fingerprint density at radius 2 is 1.88 bits per heavy atom. The van der Waals surface area contributed by atoms with Gasteiger partial charge in [0.2, 0.25) is 10.0 Å². The Kier molecular flexibility index (Phi) is 5.03. The third kappa shape index (κ3) is 3.69. The van der Waals surface area contributed by atoms with Crippen LogP contribution in [0, 0.1) is 0 Å². The predicted molar refractivity (Wildman–Crippen MR) is 92.5 cm³/mol. The maximum absolute atomic E-state index is 13.0. The van der Waals surface area contributed by atoms with Crippen LogP contribution in [0.3, 0.4) is 0 Å². The summed E-state index contributed by atoms with van der Waals surface area (Å²) >= 11 is 1.52. The molecule has 0 N–H and O–H groups in total. The summed E-state index contributed by atoms with van der Waals surface area (Å²) < 4.78 is 37.9. The summed E-state index contributed by atoms with van der Waals surface area (Å²) in [7, 11) is -2.11. The van der Waals surface area contributed by atoms with Gasteiger partial charge in [-0.2, -0.15) is 4.31 Å². The standard InChI is InChI=1S/C17H17NO4S2/c1-21-14-6-8-17(9-7-14)24(19,20)18(12-15-4-2-10-22-15)13-16-5-3-11-23-16/h2-11H,12-13H2,1H3. The molecule has 0 saturated carbocycles. The van der Waals surface area contributed by atoms with Crippen molar-refractivity contribution in [3.63, 3.8) is 0 Å². The number of hydrogen-bond donors (Lipinski definition) is 0. The summed E-state index contributed by atoms with van der Waals surface area (Å²) in [5.41, 5.74) is 0. The highest BCUT2D eigenvalue weighted by Crippen LogP contribution is 2.24. The Morgan fingerprint density at radius 3 is 2.46 bits per heavy atom. The van der Waals surface area contributed by atoms with Gasteiger partial charge in [0.05, 0.1) is 24.8 Å². The SMILES string of the molecule is COc1ccc(S(=O)(=O)N(Cc2ccco2)Cc2cccs2)cc1. The molecule has 5 nitrogen and oxygen atoms in total. The van der Waals surface area contributed by atoms with Gasteiger partial charge in [-0.1, -0.05) is 6.07 Å². The normalized spacial score (nSPS) is 11.8. The number of sulfonamides is 1. The van der Waals surface area contributed by atoms with Crippen molar-refractivity contribution in [1.82, 2.24) is 4.31 Å². The van der Waals surface area contributed by atoms with E-state index < -0.39 is 10.0 Å². The Balaban J connectivity index is 1.92. The molecule has 0 amide bonds. The zero-order valence-corrected chi connectivity index (χ0v) is 14.7. The van der Waals surface area contributed by atoms with E-state index >= 15 is 0 Å². The van der Waals surface area contributed by atoms with Crippen molar-refractivity contribution in [2.45, 2.75) is 18.0 Å². The highest BCUT2D eigenvalue weighted by Gasteiger charge is 2.26. The number of thiophene rings is 1. The van der Waals surface area contributed by atoms with Crippen LogP contribution in [0.1, 0.15) is 10.6 Å². The van der Waals surface area contributed by atoms with Crippen LogP contribution in [-0.2, 0) is 23.1 Å². The van der Waals surface area contributed by atoms with E-state index in [0.717, 1.165) is 4.88 Å². The fourth-order valence-electron chi connectivity index (χ4n) is 2.28. The van der Waals surface area contributed by atoms with Gasteiger partial charge in [-0.05, 0) is 47.8 Å². The number of methoxy groups -OCH3 is 1. The number of nitrogens with zero attached hydrogens (tertiary/aromatic N) is 1. The fourth-order valence-corrected chi connectivity index (χ4v) is 4.46. The van der Waals surface area contributed by atoms with Gasteiger partial charge in [-0.25, -0.2) is 8.42 Å². The lowest BCUT2D eigenvalue weighted by molar-refractivity contribution is 0.360. The predicted octanol–water partition coefficient (Wildman–Crippen LogP) is 3.74. The molecule has 7 heteroatoms. The minimum Gasteiger partial charge on any atom is -0.497 e. The molecule has 0 bridgehead atoms. The van der Waals surface area contributed by atoms with Gasteiger partial charge in [-0.3, -0.25) is 0 Å². The van der Waals surface area contributed by atoms with Crippen LogP contribution in [0.15, 0.2) is 69.5 Å². The zero-order chi connectivity index (χ0) is 17.0. The Labute approximate surface area is 145 Å². The number of ether oxygens (including phenoxy) is 1. The summed E-state index contributed by atoms with van der Waals surface area (Å²) in [6, 6.07) is 13.7. The van der Waals surface area contributed by atoms with Crippen LogP contribution in [-0.4, -0.2) is 19.8 Å². The Bertz CT molecular complexity index is 818. The zero-order valence-electron chi connectivity index (χ0n) is 13.1. The van der Waals surface area contributed by atoms with Crippen LogP contribution in [0.25, 0.3) is 0 Å². The van der Waals surface area contributed by atoms with E-state index in [-0.39, 0.29) is 11.4 Å². The van der Waals surface area contributed by atoms with Crippen molar-refractivity contribution in [1.29, 1.82) is 0 Å². The first kappa shape index (κ1) is 16.8. The van der Waals surface area contributed by atoms with Crippen molar-refractivity contribution < 1.29 is 17.6 Å². The quantitative estimate of drug-likeness (QED) is 0.642. The summed E-state index contributed by atoms with van der Waals surface area (Å²) in [6.07, 6.45) is 1.54. The highest BCUT2D eigenvalue weighted by molar-refractivity contribution is 7.89. The lowest BCUT2D eigenvalue weighted by atomic mass is 10.3. The third-order valence-electron chi connectivity index (χ3n) is 3.52. The molecule has 0 atom stereocenters. The molecule has 1 aromatic carbocycles. The second-order valence-electron chi connectivity index (χ2n) is 5.11. The minimum atomic E-state index is -3.65. The largest absolute Gasteiger partial charge is 0.497 e. The molecular weight excluding hydrogens is 346 g/mol. The van der Waals surface area contributed by atoms with Crippen molar-refractivity contribution in [2.24, 2.45) is 0 Å². The van der Waals surface area contributed by atoms with Gasteiger partial charge in [-0.15, -0.1) is 11.3 Å². The monoisotopic (exact) mass is 363 g/mol. The van der Waals surface area contributed by atoms with E-state index in [0.29, 0.717) is 18.1 Å². The average molecular weight is 363 g/mol. The topological polar surface area (TPSA) is 59.8 Å². The maximum atomic E-state index is 13.0. The highest BCUT2D eigenvalue weighted by atomic mass is 32.2. The van der Waals surface area contributed by atoms with Gasteiger partial charge >= 0.3 is 0 Å². The first-order valence-corrected chi connectivity index (χ1v) is 9.60. The second kappa shape index (κ2) is 7.21. The van der Waals surface area contributed by atoms with Crippen molar-refractivity contribution in [3.05, 3.63) is 70.8 Å². The number of rotatable bonds is 7. The summed E-state index contributed by atoms with van der Waals surface area (Å²) in [5, 5.41) is 1.93. The molecule has 0 spiro atoms. The van der Waals surface area contributed by atoms with Gasteiger partial charge in [0.25, 0.3) is 0 Å². The number of benzene rings is 1. The van der Waals surface area contributed by atoms with E-state index in [2.05, 4.69) is 0 Å². The molecule has 126 valence electrons. The molecule has 24 heavy (non-hydrogen) atoms. The Hall–Kier alpha value is -2.09. The fraction of sp³-hybridized carbons (Fsp3) is 0.176. The molecule has 2 heterocycles. The van der Waals surface area contributed by atoms with Crippen molar-refractivity contribution in [2.75, 3.05) is 7.11 Å². The van der Waals surface area contributed by atoms with Crippen LogP contribution in [0.2, 0.25) is 0 Å². The summed E-state index contributed by atoms with van der Waals surface area (Å²) in [4.78, 5) is 1.20. The summed E-state index contributed by atoms with van der Waals surface area (Å²) in [5.74, 6) is 1.22. The molecular formula is C17H17NO4S2. The molecule has 0 aliphatic carbocycles. The van der Waals surface area contributed by atoms with Crippen LogP contribution < -0.4 is 4.74 Å².